The summed E-state index contributed by atoms with van der Waals surface area (Å²) >= 11 is 0. The van der Waals surface area contributed by atoms with Gasteiger partial charge in [-0.1, -0.05) is 32.0 Å². The molecule has 0 aliphatic heterocycles. The lowest BCUT2D eigenvalue weighted by Gasteiger charge is -2.11. The number of ether oxygens (including phenoxy) is 1. The summed E-state index contributed by atoms with van der Waals surface area (Å²) < 4.78 is 5.28. The van der Waals surface area contributed by atoms with Gasteiger partial charge in [0.15, 0.2) is 0 Å². The SMILES string of the molecule is CC[C](C)Cc1ccccc1OC. The first-order valence-corrected chi connectivity index (χ1v) is 4.71. The average Bonchev–Trinajstić information content (AvgIpc) is 2.18. The fourth-order valence-electron chi connectivity index (χ4n) is 1.30. The molecule has 0 heterocycles. The van der Waals surface area contributed by atoms with Crippen LogP contribution in [0.3, 0.4) is 0 Å². The Morgan fingerprint density at radius 1 is 1.31 bits per heavy atom. The predicted octanol–water partition coefficient (Wildman–Crippen LogP) is 3.24. The second-order valence-electron chi connectivity index (χ2n) is 3.30. The third-order valence-electron chi connectivity index (χ3n) is 2.29. The molecule has 0 saturated carbocycles. The molecule has 0 aromatic heterocycles. The minimum Gasteiger partial charge on any atom is -0.496 e. The molecule has 1 aromatic rings. The molecule has 0 unspecified atom stereocenters. The minimum absolute atomic E-state index is 0.996. The molecule has 0 fully saturated rings. The first kappa shape index (κ1) is 10.1. The highest BCUT2D eigenvalue weighted by Crippen LogP contribution is 2.22. The van der Waals surface area contributed by atoms with E-state index in [-0.39, 0.29) is 0 Å². The molecule has 13 heavy (non-hydrogen) atoms. The van der Waals surface area contributed by atoms with E-state index < -0.39 is 0 Å². The maximum absolute atomic E-state index is 5.28. The highest BCUT2D eigenvalue weighted by molar-refractivity contribution is 5.34. The van der Waals surface area contributed by atoms with Crippen molar-refractivity contribution in [3.05, 3.63) is 35.7 Å². The van der Waals surface area contributed by atoms with Crippen molar-refractivity contribution in [3.8, 4) is 5.75 Å². The van der Waals surface area contributed by atoms with Gasteiger partial charge in [-0.05, 0) is 30.4 Å². The Bertz CT molecular complexity index is 255. The number of hydrogen-bond donors (Lipinski definition) is 0. The van der Waals surface area contributed by atoms with Gasteiger partial charge in [-0.2, -0.15) is 0 Å². The van der Waals surface area contributed by atoms with E-state index in [2.05, 4.69) is 26.0 Å². The maximum atomic E-state index is 5.28. The molecule has 71 valence electrons. The van der Waals surface area contributed by atoms with Gasteiger partial charge in [-0.15, -0.1) is 0 Å². The van der Waals surface area contributed by atoms with Gasteiger partial charge >= 0.3 is 0 Å². The van der Waals surface area contributed by atoms with E-state index in [1.54, 1.807) is 7.11 Å². The van der Waals surface area contributed by atoms with Crippen LogP contribution in [0.15, 0.2) is 24.3 Å². The molecule has 0 amide bonds. The third-order valence-corrected chi connectivity index (χ3v) is 2.29. The Labute approximate surface area is 80.7 Å². The number of rotatable bonds is 4. The van der Waals surface area contributed by atoms with Crippen LogP contribution in [0, 0.1) is 5.92 Å². The van der Waals surface area contributed by atoms with Crippen molar-refractivity contribution in [2.75, 3.05) is 7.11 Å². The lowest BCUT2D eigenvalue weighted by Crippen LogP contribution is -1.98. The van der Waals surface area contributed by atoms with Crippen LogP contribution in [0.1, 0.15) is 25.8 Å². The van der Waals surface area contributed by atoms with Crippen LogP contribution >= 0.6 is 0 Å². The smallest absolute Gasteiger partial charge is 0.122 e. The maximum Gasteiger partial charge on any atom is 0.122 e. The van der Waals surface area contributed by atoms with Gasteiger partial charge in [-0.25, -0.2) is 0 Å². The second kappa shape index (κ2) is 4.90. The second-order valence-corrected chi connectivity index (χ2v) is 3.30. The molecule has 1 rings (SSSR count). The van der Waals surface area contributed by atoms with E-state index in [1.807, 2.05) is 12.1 Å². The molecule has 0 aliphatic rings. The lowest BCUT2D eigenvalue weighted by molar-refractivity contribution is 0.409. The molecule has 0 N–H and O–H groups in total. The van der Waals surface area contributed by atoms with Crippen LogP contribution in [0.4, 0.5) is 0 Å². The summed E-state index contributed by atoms with van der Waals surface area (Å²) in [4.78, 5) is 0. The molecule has 1 radical (unpaired) electrons. The molecule has 0 bridgehead atoms. The van der Waals surface area contributed by atoms with Crippen LogP contribution in [0.2, 0.25) is 0 Å². The molecule has 0 atom stereocenters. The molecule has 1 heteroatoms. The van der Waals surface area contributed by atoms with Crippen molar-refractivity contribution in [2.24, 2.45) is 0 Å². The van der Waals surface area contributed by atoms with Crippen LogP contribution in [0.25, 0.3) is 0 Å². The highest BCUT2D eigenvalue weighted by Gasteiger charge is 2.05. The zero-order valence-electron chi connectivity index (χ0n) is 8.63. The molecule has 0 saturated heterocycles. The van der Waals surface area contributed by atoms with Gasteiger partial charge in [0.2, 0.25) is 0 Å². The van der Waals surface area contributed by atoms with Crippen molar-refractivity contribution >= 4 is 0 Å². The third kappa shape index (κ3) is 2.76. The topological polar surface area (TPSA) is 9.23 Å². The fraction of sp³-hybridized carbons (Fsp3) is 0.417. The van der Waals surface area contributed by atoms with Gasteiger partial charge < -0.3 is 4.74 Å². The molecule has 0 aliphatic carbocycles. The van der Waals surface area contributed by atoms with Crippen molar-refractivity contribution in [3.63, 3.8) is 0 Å². The Kier molecular flexibility index (Phi) is 3.81. The normalized spacial score (nSPS) is 10.5. The van der Waals surface area contributed by atoms with Crippen molar-refractivity contribution in [1.29, 1.82) is 0 Å². The van der Waals surface area contributed by atoms with Crippen molar-refractivity contribution in [1.82, 2.24) is 0 Å². The first-order chi connectivity index (χ1) is 6.27. The minimum atomic E-state index is 0.996. The van der Waals surface area contributed by atoms with Gasteiger partial charge in [0.1, 0.15) is 5.75 Å². The molecule has 0 spiro atoms. The molecule has 1 aromatic carbocycles. The quantitative estimate of drug-likeness (QED) is 0.686. The highest BCUT2D eigenvalue weighted by atomic mass is 16.5. The molecular formula is C12H17O. The van der Waals surface area contributed by atoms with E-state index in [1.165, 1.54) is 11.5 Å². The number of methoxy groups -OCH3 is 1. The summed E-state index contributed by atoms with van der Waals surface area (Å²) in [5.74, 6) is 2.49. The summed E-state index contributed by atoms with van der Waals surface area (Å²) in [6.45, 7) is 4.37. The summed E-state index contributed by atoms with van der Waals surface area (Å²) in [6, 6.07) is 8.20. The first-order valence-electron chi connectivity index (χ1n) is 4.71. The Hall–Kier alpha value is -0.980. The molecular weight excluding hydrogens is 160 g/mol. The van der Waals surface area contributed by atoms with Crippen LogP contribution in [-0.4, -0.2) is 7.11 Å². The Morgan fingerprint density at radius 3 is 2.62 bits per heavy atom. The van der Waals surface area contributed by atoms with E-state index in [4.69, 9.17) is 4.74 Å². The van der Waals surface area contributed by atoms with Gasteiger partial charge in [0.05, 0.1) is 7.11 Å². The van der Waals surface area contributed by atoms with Gasteiger partial charge in [-0.3, -0.25) is 0 Å². The van der Waals surface area contributed by atoms with E-state index in [0.717, 1.165) is 18.6 Å². The summed E-state index contributed by atoms with van der Waals surface area (Å²) in [5, 5.41) is 0. The predicted molar refractivity (Wildman–Crippen MR) is 55.9 cm³/mol. The van der Waals surface area contributed by atoms with Gasteiger partial charge in [0.25, 0.3) is 0 Å². The number of para-hydroxylation sites is 1. The van der Waals surface area contributed by atoms with Crippen molar-refractivity contribution < 1.29 is 4.74 Å². The van der Waals surface area contributed by atoms with Crippen LogP contribution < -0.4 is 4.74 Å². The number of hydrogen-bond acceptors (Lipinski definition) is 1. The standard InChI is InChI=1S/C12H17O/c1-4-10(2)9-11-7-5-6-8-12(11)13-3/h5-8H,4,9H2,1-3H3. The monoisotopic (exact) mass is 177 g/mol. The zero-order valence-corrected chi connectivity index (χ0v) is 8.63. The van der Waals surface area contributed by atoms with Gasteiger partial charge in [0, 0.05) is 0 Å². The molecule has 1 nitrogen and oxygen atoms in total. The Balaban J connectivity index is 2.74. The van der Waals surface area contributed by atoms with E-state index in [9.17, 15) is 0 Å². The van der Waals surface area contributed by atoms with Crippen LogP contribution in [0.5, 0.6) is 5.75 Å². The van der Waals surface area contributed by atoms with E-state index in [0.29, 0.717) is 0 Å². The fourth-order valence-corrected chi connectivity index (χ4v) is 1.30. The zero-order chi connectivity index (χ0) is 9.68. The van der Waals surface area contributed by atoms with Crippen LogP contribution in [-0.2, 0) is 6.42 Å². The summed E-state index contributed by atoms with van der Waals surface area (Å²) in [5.41, 5.74) is 1.28. The summed E-state index contributed by atoms with van der Waals surface area (Å²) in [6.07, 6.45) is 2.17. The van der Waals surface area contributed by atoms with E-state index >= 15 is 0 Å². The number of benzene rings is 1. The lowest BCUT2D eigenvalue weighted by atomic mass is 9.98. The largest absolute Gasteiger partial charge is 0.496 e. The average molecular weight is 177 g/mol. The Morgan fingerprint density at radius 2 is 2.00 bits per heavy atom. The summed E-state index contributed by atoms with van der Waals surface area (Å²) in [7, 11) is 1.72. The van der Waals surface area contributed by atoms with Crippen molar-refractivity contribution in [2.45, 2.75) is 26.7 Å².